The van der Waals surface area contributed by atoms with Crippen molar-refractivity contribution in [3.63, 3.8) is 0 Å². The molecule has 2 rings (SSSR count). The largest absolute Gasteiger partial charge is 0.444 e. The summed E-state index contributed by atoms with van der Waals surface area (Å²) in [6.45, 7) is 16.5. The van der Waals surface area contributed by atoms with Gasteiger partial charge in [-0.1, -0.05) is 118 Å². The molecule has 0 saturated carbocycles. The molecular formula is C35H55N3O4Si. The molecule has 3 N–H and O–H groups in total. The maximum atomic E-state index is 14.2. The first-order chi connectivity index (χ1) is 20.3. The van der Waals surface area contributed by atoms with Crippen molar-refractivity contribution in [3.8, 4) is 0 Å². The van der Waals surface area contributed by atoms with Crippen LogP contribution in [-0.4, -0.2) is 49.8 Å². The number of amides is 3. The zero-order chi connectivity index (χ0) is 32.0. The number of unbranched alkanes of at least 4 members (excludes halogenated alkanes) is 1. The Kier molecular flexibility index (Phi) is 14.5. The van der Waals surface area contributed by atoms with Crippen LogP contribution >= 0.6 is 0 Å². The van der Waals surface area contributed by atoms with Gasteiger partial charge in [0.25, 0.3) is 0 Å². The van der Waals surface area contributed by atoms with Gasteiger partial charge in [0.15, 0.2) is 0 Å². The maximum absolute atomic E-state index is 14.2. The van der Waals surface area contributed by atoms with E-state index in [1.54, 1.807) is 0 Å². The molecule has 238 valence electrons. The van der Waals surface area contributed by atoms with Crippen molar-refractivity contribution in [2.45, 2.75) is 111 Å². The summed E-state index contributed by atoms with van der Waals surface area (Å²) in [6, 6.07) is 20.7. The van der Waals surface area contributed by atoms with Crippen LogP contribution in [0.4, 0.5) is 4.79 Å². The number of rotatable bonds is 16. The molecular weight excluding hydrogens is 554 g/mol. The summed E-state index contributed by atoms with van der Waals surface area (Å²) < 4.78 is 5.53. The quantitative estimate of drug-likeness (QED) is 0.171. The number of nitrogens with one attached hydrogen (secondary N) is 3. The fraction of sp³-hybridized carbons (Fsp3) is 0.571. The van der Waals surface area contributed by atoms with E-state index in [0.29, 0.717) is 25.4 Å². The van der Waals surface area contributed by atoms with Gasteiger partial charge in [0, 0.05) is 18.6 Å². The number of benzene rings is 2. The first-order valence-corrected chi connectivity index (χ1v) is 18.3. The van der Waals surface area contributed by atoms with Gasteiger partial charge in [0.05, 0.1) is 0 Å². The number of ether oxygens (including phenoxy) is 1. The average Bonchev–Trinajstić information content (AvgIpc) is 2.95. The monoisotopic (exact) mass is 609 g/mol. The third-order valence-corrected chi connectivity index (χ3v) is 13.3. The summed E-state index contributed by atoms with van der Waals surface area (Å²) in [7, 11) is -2.82. The lowest BCUT2D eigenvalue weighted by atomic mass is 9.98. The number of hydrogen-bond donors (Lipinski definition) is 3. The molecule has 0 heterocycles. The molecule has 7 nitrogen and oxygen atoms in total. The summed E-state index contributed by atoms with van der Waals surface area (Å²) in [5.41, 5.74) is -0.901. The van der Waals surface area contributed by atoms with E-state index in [2.05, 4.69) is 61.0 Å². The van der Waals surface area contributed by atoms with E-state index >= 15 is 0 Å². The third kappa shape index (κ3) is 11.1. The van der Waals surface area contributed by atoms with Crippen LogP contribution in [0.2, 0.25) is 6.04 Å². The molecule has 3 amide bonds. The summed E-state index contributed by atoms with van der Waals surface area (Å²) >= 11 is 0. The lowest BCUT2D eigenvalue weighted by molar-refractivity contribution is -0.124. The van der Waals surface area contributed by atoms with Gasteiger partial charge in [-0.3, -0.25) is 9.59 Å². The SMILES string of the molecule is CCCCNC(=O)CC[Si](c1ccccc1)(c1ccccc1)[C@H](CC(C)C)NC(=O)[C@@H](NC(=O)OC(C)(C)C)[C@@H](C)CC. The lowest BCUT2D eigenvalue weighted by Crippen LogP contribution is -2.72. The van der Waals surface area contributed by atoms with Crippen LogP contribution < -0.4 is 26.3 Å². The second kappa shape index (κ2) is 17.2. The van der Waals surface area contributed by atoms with E-state index in [9.17, 15) is 14.4 Å². The van der Waals surface area contributed by atoms with Crippen molar-refractivity contribution in [3.05, 3.63) is 60.7 Å². The molecule has 0 bridgehead atoms. The summed E-state index contributed by atoms with van der Waals surface area (Å²) in [5, 5.41) is 11.8. The topological polar surface area (TPSA) is 96.5 Å². The van der Waals surface area contributed by atoms with Gasteiger partial charge in [0.2, 0.25) is 11.8 Å². The molecule has 0 aliphatic rings. The van der Waals surface area contributed by atoms with Crippen LogP contribution in [0.1, 0.15) is 87.5 Å². The van der Waals surface area contributed by atoms with Crippen LogP contribution in [0, 0.1) is 11.8 Å². The molecule has 0 unspecified atom stereocenters. The van der Waals surface area contributed by atoms with Gasteiger partial charge in [0.1, 0.15) is 19.7 Å². The molecule has 0 aliphatic carbocycles. The van der Waals surface area contributed by atoms with Crippen molar-refractivity contribution >= 4 is 36.4 Å². The standard InChI is InChI=1S/C35H55N3O4Si/c1-9-11-23-36-30(39)22-24-43(28-18-14-12-15-19-28,29-20-16-13-17-21-29)31(25-26(3)4)37-33(40)32(27(5)10-2)38-34(41)42-35(6,7)8/h12-21,26-27,31-32H,9-11,22-25H2,1-8H3,(H,36,39)(H,37,40)(H,38,41)/t27-,31+,32-/m0/s1. The van der Waals surface area contributed by atoms with Crippen LogP contribution in [0.15, 0.2) is 60.7 Å². The minimum absolute atomic E-state index is 0.0379. The van der Waals surface area contributed by atoms with Gasteiger partial charge in [-0.15, -0.1) is 0 Å². The number of carbonyl (C=O) groups is 3. The van der Waals surface area contributed by atoms with Gasteiger partial charge >= 0.3 is 6.09 Å². The lowest BCUT2D eigenvalue weighted by Gasteiger charge is -2.42. The number of alkyl carbamates (subject to hydrolysis) is 1. The highest BCUT2D eigenvalue weighted by atomic mass is 28.3. The van der Waals surface area contributed by atoms with Crippen molar-refractivity contribution in [1.82, 2.24) is 16.0 Å². The Labute approximate surface area is 261 Å². The zero-order valence-corrected chi connectivity index (χ0v) is 28.7. The van der Waals surface area contributed by atoms with Crippen LogP contribution in [-0.2, 0) is 14.3 Å². The van der Waals surface area contributed by atoms with Crippen LogP contribution in [0.5, 0.6) is 0 Å². The van der Waals surface area contributed by atoms with Crippen LogP contribution in [0.25, 0.3) is 0 Å². The fourth-order valence-electron chi connectivity index (χ4n) is 5.56. The maximum Gasteiger partial charge on any atom is 0.408 e. The second-order valence-electron chi connectivity index (χ2n) is 13.1. The Morgan fingerprint density at radius 2 is 1.42 bits per heavy atom. The molecule has 0 saturated heterocycles. The van der Waals surface area contributed by atoms with E-state index in [-0.39, 0.29) is 29.3 Å². The minimum atomic E-state index is -2.82. The predicted molar refractivity (Wildman–Crippen MR) is 179 cm³/mol. The fourth-order valence-corrected chi connectivity index (χ4v) is 11.1. The Morgan fingerprint density at radius 3 is 1.88 bits per heavy atom. The smallest absolute Gasteiger partial charge is 0.408 e. The van der Waals surface area contributed by atoms with Gasteiger partial charge in [-0.05, 0) is 51.5 Å². The molecule has 0 radical (unpaired) electrons. The van der Waals surface area contributed by atoms with Crippen molar-refractivity contribution in [2.75, 3.05) is 6.54 Å². The Balaban J connectivity index is 2.62. The minimum Gasteiger partial charge on any atom is -0.444 e. The molecule has 3 atom stereocenters. The normalized spacial score (nSPS) is 14.0. The van der Waals surface area contributed by atoms with Gasteiger partial charge in [-0.25, -0.2) is 4.79 Å². The van der Waals surface area contributed by atoms with Gasteiger partial charge < -0.3 is 20.7 Å². The average molecular weight is 610 g/mol. The van der Waals surface area contributed by atoms with E-state index in [1.165, 1.54) is 10.4 Å². The van der Waals surface area contributed by atoms with E-state index in [0.717, 1.165) is 19.3 Å². The number of carbonyl (C=O) groups excluding carboxylic acids is 3. The zero-order valence-electron chi connectivity index (χ0n) is 27.7. The second-order valence-corrected chi connectivity index (χ2v) is 17.4. The molecule has 2 aromatic carbocycles. The molecule has 43 heavy (non-hydrogen) atoms. The molecule has 2 aromatic rings. The summed E-state index contributed by atoms with van der Waals surface area (Å²) in [4.78, 5) is 40.2. The van der Waals surface area contributed by atoms with Crippen molar-refractivity contribution < 1.29 is 19.1 Å². The van der Waals surface area contributed by atoms with Gasteiger partial charge in [-0.2, -0.15) is 0 Å². The molecule has 0 fully saturated rings. The van der Waals surface area contributed by atoms with Crippen molar-refractivity contribution in [1.29, 1.82) is 0 Å². The highest BCUT2D eigenvalue weighted by Crippen LogP contribution is 2.24. The van der Waals surface area contributed by atoms with E-state index in [1.807, 2.05) is 71.0 Å². The molecule has 8 heteroatoms. The van der Waals surface area contributed by atoms with E-state index in [4.69, 9.17) is 4.74 Å². The summed E-state index contributed by atoms with van der Waals surface area (Å²) in [6.07, 6.45) is 3.17. The first kappa shape index (κ1) is 36.1. The molecule has 0 aromatic heterocycles. The Hall–Kier alpha value is -3.13. The summed E-state index contributed by atoms with van der Waals surface area (Å²) in [5.74, 6) is -0.0113. The first-order valence-electron chi connectivity index (χ1n) is 16.0. The number of hydrogen-bond acceptors (Lipinski definition) is 4. The highest BCUT2D eigenvalue weighted by Gasteiger charge is 2.46. The predicted octanol–water partition coefficient (Wildman–Crippen LogP) is 5.57. The van der Waals surface area contributed by atoms with E-state index < -0.39 is 25.8 Å². The highest BCUT2D eigenvalue weighted by molar-refractivity contribution is 7.03. The third-order valence-electron chi connectivity index (χ3n) is 7.96. The Morgan fingerprint density at radius 1 is 0.860 bits per heavy atom. The van der Waals surface area contributed by atoms with Crippen LogP contribution in [0.3, 0.4) is 0 Å². The molecule has 0 aliphatic heterocycles. The Bertz CT molecular complexity index is 1100. The molecule has 0 spiro atoms. The van der Waals surface area contributed by atoms with Crippen molar-refractivity contribution in [2.24, 2.45) is 11.8 Å².